The van der Waals surface area contributed by atoms with Crippen LogP contribution in [-0.2, 0) is 6.18 Å². The number of nitro benzene ring substituents is 1. The molecule has 0 amide bonds. The van der Waals surface area contributed by atoms with Crippen LogP contribution in [0.15, 0.2) is 52.5 Å². The first kappa shape index (κ1) is 18.9. The molecule has 1 heterocycles. The van der Waals surface area contributed by atoms with Crippen molar-refractivity contribution in [2.75, 3.05) is 0 Å². The Hall–Kier alpha value is -2.88. The van der Waals surface area contributed by atoms with Crippen molar-refractivity contribution in [3.8, 4) is 5.69 Å². The fraction of sp³-hybridized carbons (Fsp3) is 0.176. The largest absolute Gasteiger partial charge is 0.416 e. The van der Waals surface area contributed by atoms with E-state index in [9.17, 15) is 23.3 Å². The molecule has 0 spiro atoms. The average molecular weight is 394 g/mol. The Balaban J connectivity index is 2.04. The summed E-state index contributed by atoms with van der Waals surface area (Å²) in [6, 6.07) is 9.90. The Kier molecular flexibility index (Phi) is 4.92. The van der Waals surface area contributed by atoms with Gasteiger partial charge in [-0.2, -0.15) is 13.2 Å². The monoisotopic (exact) mass is 394 g/mol. The molecule has 10 heteroatoms. The normalized spacial score (nSPS) is 11.6. The molecule has 140 valence electrons. The lowest BCUT2D eigenvalue weighted by Gasteiger charge is -2.10. The first-order chi connectivity index (χ1) is 12.7. The summed E-state index contributed by atoms with van der Waals surface area (Å²) in [5.74, 6) is 0.552. The van der Waals surface area contributed by atoms with E-state index in [1.165, 1.54) is 0 Å². The quantitative estimate of drug-likeness (QED) is 0.462. The van der Waals surface area contributed by atoms with Crippen molar-refractivity contribution in [2.24, 2.45) is 0 Å². The Morgan fingerprint density at radius 1 is 1.07 bits per heavy atom. The van der Waals surface area contributed by atoms with Gasteiger partial charge < -0.3 is 0 Å². The lowest BCUT2D eigenvalue weighted by Crippen LogP contribution is -2.06. The van der Waals surface area contributed by atoms with E-state index in [-0.39, 0.29) is 4.90 Å². The molecule has 2 aromatic carbocycles. The molecule has 6 nitrogen and oxygen atoms in total. The summed E-state index contributed by atoms with van der Waals surface area (Å²) in [6.07, 6.45) is -4.66. The molecule has 3 aromatic rings. The van der Waals surface area contributed by atoms with Gasteiger partial charge >= 0.3 is 6.18 Å². The minimum atomic E-state index is -4.66. The van der Waals surface area contributed by atoms with E-state index in [1.54, 1.807) is 11.5 Å². The third kappa shape index (κ3) is 3.95. The number of aromatic nitrogens is 3. The second-order valence-electron chi connectivity index (χ2n) is 5.74. The fourth-order valence-electron chi connectivity index (χ4n) is 2.42. The molecule has 0 fully saturated rings. The number of hydrogen-bond donors (Lipinski definition) is 0. The summed E-state index contributed by atoms with van der Waals surface area (Å²) in [4.78, 5) is 10.5. The Bertz CT molecular complexity index is 1000. The van der Waals surface area contributed by atoms with Gasteiger partial charge in [0.1, 0.15) is 5.82 Å². The van der Waals surface area contributed by atoms with Gasteiger partial charge in [-0.15, -0.1) is 10.2 Å². The number of halogens is 3. The topological polar surface area (TPSA) is 73.8 Å². The lowest BCUT2D eigenvalue weighted by molar-refractivity contribution is -0.388. The minimum absolute atomic E-state index is 0.0498. The maximum absolute atomic E-state index is 12.9. The number of hydrogen-bond acceptors (Lipinski definition) is 5. The van der Waals surface area contributed by atoms with Crippen molar-refractivity contribution in [3.63, 3.8) is 0 Å². The maximum atomic E-state index is 12.9. The van der Waals surface area contributed by atoms with E-state index < -0.39 is 22.4 Å². The highest BCUT2D eigenvalue weighted by Gasteiger charge is 2.33. The zero-order valence-corrected chi connectivity index (χ0v) is 15.0. The molecule has 0 unspecified atom stereocenters. The fourth-order valence-corrected chi connectivity index (χ4v) is 3.40. The summed E-state index contributed by atoms with van der Waals surface area (Å²) in [6.45, 7) is 3.65. The van der Waals surface area contributed by atoms with Crippen molar-refractivity contribution >= 4 is 17.4 Å². The zero-order valence-electron chi connectivity index (χ0n) is 14.2. The first-order valence-corrected chi connectivity index (χ1v) is 8.51. The van der Waals surface area contributed by atoms with Gasteiger partial charge in [0.25, 0.3) is 5.69 Å². The van der Waals surface area contributed by atoms with Crippen molar-refractivity contribution < 1.29 is 18.1 Å². The van der Waals surface area contributed by atoms with Crippen LogP contribution in [0.3, 0.4) is 0 Å². The molecule has 0 radical (unpaired) electrons. The summed E-state index contributed by atoms with van der Waals surface area (Å²) in [5, 5.41) is 19.6. The van der Waals surface area contributed by atoms with Gasteiger partial charge in [0.15, 0.2) is 0 Å². The van der Waals surface area contributed by atoms with Crippen LogP contribution >= 0.6 is 11.8 Å². The number of nitrogens with zero attached hydrogens (tertiary/aromatic N) is 4. The molecule has 0 aliphatic heterocycles. The molecular formula is C17H13F3N4O2S. The van der Waals surface area contributed by atoms with Crippen LogP contribution in [0.2, 0.25) is 0 Å². The van der Waals surface area contributed by atoms with Crippen molar-refractivity contribution in [2.45, 2.75) is 30.1 Å². The molecular weight excluding hydrogens is 381 g/mol. The number of rotatable bonds is 4. The molecule has 3 rings (SSSR count). The smallest absolute Gasteiger partial charge is 0.274 e. The summed E-state index contributed by atoms with van der Waals surface area (Å²) in [5.41, 5.74) is 0.0953. The third-order valence-electron chi connectivity index (χ3n) is 3.77. The average Bonchev–Trinajstić information content (AvgIpc) is 2.95. The number of nitro groups is 1. The van der Waals surface area contributed by atoms with Gasteiger partial charge in [-0.1, -0.05) is 17.7 Å². The van der Waals surface area contributed by atoms with Gasteiger partial charge in [0, 0.05) is 11.8 Å². The third-order valence-corrected chi connectivity index (χ3v) is 4.78. The van der Waals surface area contributed by atoms with Crippen molar-refractivity contribution in [3.05, 3.63) is 69.5 Å². The number of aryl methyl sites for hydroxylation is 2. The van der Waals surface area contributed by atoms with E-state index in [0.717, 1.165) is 35.1 Å². The van der Waals surface area contributed by atoms with Crippen LogP contribution in [0.25, 0.3) is 5.69 Å². The molecule has 0 atom stereocenters. The second kappa shape index (κ2) is 7.03. The van der Waals surface area contributed by atoms with Crippen LogP contribution in [-0.4, -0.2) is 19.7 Å². The number of alkyl halides is 3. The minimum Gasteiger partial charge on any atom is -0.274 e. The summed E-state index contributed by atoms with van der Waals surface area (Å²) in [7, 11) is 0. The predicted molar refractivity (Wildman–Crippen MR) is 93.1 cm³/mol. The summed E-state index contributed by atoms with van der Waals surface area (Å²) >= 11 is 0.889. The first-order valence-electron chi connectivity index (χ1n) is 7.69. The molecule has 0 N–H and O–H groups in total. The Morgan fingerprint density at radius 2 is 1.74 bits per heavy atom. The highest BCUT2D eigenvalue weighted by Crippen LogP contribution is 2.39. The van der Waals surface area contributed by atoms with Crippen molar-refractivity contribution in [1.29, 1.82) is 0 Å². The molecule has 0 saturated carbocycles. The highest BCUT2D eigenvalue weighted by atomic mass is 32.2. The van der Waals surface area contributed by atoms with E-state index in [0.29, 0.717) is 17.0 Å². The zero-order chi connectivity index (χ0) is 19.8. The Morgan fingerprint density at radius 3 is 2.33 bits per heavy atom. The van der Waals surface area contributed by atoms with Gasteiger partial charge in [-0.3, -0.25) is 14.7 Å². The van der Waals surface area contributed by atoms with Crippen LogP contribution < -0.4 is 0 Å². The summed E-state index contributed by atoms with van der Waals surface area (Å²) < 4.78 is 40.3. The predicted octanol–water partition coefficient (Wildman–Crippen LogP) is 4.96. The molecule has 1 aromatic heterocycles. The molecule has 0 aliphatic rings. The lowest BCUT2D eigenvalue weighted by atomic mass is 10.2. The van der Waals surface area contributed by atoms with Gasteiger partial charge in [-0.25, -0.2) is 0 Å². The van der Waals surface area contributed by atoms with Crippen LogP contribution in [0.4, 0.5) is 18.9 Å². The van der Waals surface area contributed by atoms with Gasteiger partial charge in [0.05, 0.1) is 15.4 Å². The molecule has 0 aliphatic carbocycles. The second-order valence-corrected chi connectivity index (χ2v) is 6.75. The van der Waals surface area contributed by atoms with E-state index >= 15 is 0 Å². The van der Waals surface area contributed by atoms with Gasteiger partial charge in [0.2, 0.25) is 5.16 Å². The van der Waals surface area contributed by atoms with Crippen LogP contribution in [0.1, 0.15) is 17.0 Å². The molecule has 0 saturated heterocycles. The maximum Gasteiger partial charge on any atom is 0.416 e. The van der Waals surface area contributed by atoms with E-state index in [2.05, 4.69) is 10.2 Å². The number of benzene rings is 2. The Labute approximate surface area is 156 Å². The van der Waals surface area contributed by atoms with E-state index in [4.69, 9.17) is 0 Å². The SMILES string of the molecule is Cc1ccc(-n2c(C)nnc2Sc2ccc(C(F)(F)F)cc2[N+](=O)[O-])cc1. The van der Waals surface area contributed by atoms with Gasteiger partial charge in [-0.05, 0) is 49.9 Å². The van der Waals surface area contributed by atoms with E-state index in [1.807, 2.05) is 31.2 Å². The highest BCUT2D eigenvalue weighted by molar-refractivity contribution is 7.99. The van der Waals surface area contributed by atoms with Crippen LogP contribution in [0.5, 0.6) is 0 Å². The molecule has 0 bridgehead atoms. The van der Waals surface area contributed by atoms with Crippen molar-refractivity contribution in [1.82, 2.24) is 14.8 Å². The van der Waals surface area contributed by atoms with Crippen LogP contribution in [0, 0.1) is 24.0 Å². The molecule has 27 heavy (non-hydrogen) atoms. The standard InChI is InChI=1S/C17H13F3N4O2S/c1-10-3-6-13(7-4-10)23-11(2)21-22-16(23)27-15-8-5-12(17(18,19)20)9-14(15)24(25)26/h3-9H,1-2H3.